The minimum absolute atomic E-state index is 0.273. The van der Waals surface area contributed by atoms with Crippen LogP contribution < -0.4 is 0 Å². The van der Waals surface area contributed by atoms with Crippen LogP contribution in [0.15, 0.2) is 51.8 Å². The van der Waals surface area contributed by atoms with Crippen LogP contribution in [-0.2, 0) is 16.6 Å². The third-order valence-corrected chi connectivity index (χ3v) is 4.56. The summed E-state index contributed by atoms with van der Waals surface area (Å²) in [6.07, 6.45) is 0. The molecule has 0 aliphatic heterocycles. The van der Waals surface area contributed by atoms with Gasteiger partial charge in [-0.1, -0.05) is 39.7 Å². The van der Waals surface area contributed by atoms with E-state index in [0.29, 0.717) is 9.92 Å². The average molecular weight is 348 g/mol. The minimum atomic E-state index is -1.30. The average Bonchev–Trinajstić information content (AvgIpc) is 2.32. The van der Waals surface area contributed by atoms with E-state index in [0.717, 1.165) is 10.0 Å². The molecule has 18 heavy (non-hydrogen) atoms. The lowest BCUT2D eigenvalue weighted by Gasteiger charge is -2.05. The highest BCUT2D eigenvalue weighted by Gasteiger charge is 2.09. The molecule has 5 heteroatoms. The molecule has 0 fully saturated rings. The Morgan fingerprint density at radius 3 is 2.67 bits per heavy atom. The molecule has 1 unspecified atom stereocenters. The van der Waals surface area contributed by atoms with Gasteiger partial charge in [-0.15, -0.1) is 0 Å². The molecular formula is C13H9BrClFOS. The van der Waals surface area contributed by atoms with Gasteiger partial charge in [0, 0.05) is 14.4 Å². The van der Waals surface area contributed by atoms with E-state index in [2.05, 4.69) is 15.9 Å². The Morgan fingerprint density at radius 1 is 1.22 bits per heavy atom. The summed E-state index contributed by atoms with van der Waals surface area (Å²) in [6.45, 7) is 0. The van der Waals surface area contributed by atoms with Crippen molar-refractivity contribution in [1.29, 1.82) is 0 Å². The first-order chi connectivity index (χ1) is 8.56. The quantitative estimate of drug-likeness (QED) is 0.796. The number of rotatable bonds is 3. The number of benzene rings is 2. The van der Waals surface area contributed by atoms with Gasteiger partial charge in [-0.25, -0.2) is 4.39 Å². The van der Waals surface area contributed by atoms with E-state index in [9.17, 15) is 8.60 Å². The topological polar surface area (TPSA) is 17.1 Å². The summed E-state index contributed by atoms with van der Waals surface area (Å²) in [4.78, 5) is 0.467. The molecule has 0 aliphatic rings. The molecule has 0 aromatic heterocycles. The molecule has 1 nitrogen and oxygen atoms in total. The van der Waals surface area contributed by atoms with Crippen molar-refractivity contribution >= 4 is 38.3 Å². The highest BCUT2D eigenvalue weighted by molar-refractivity contribution is 9.10. The Balaban J connectivity index is 2.21. The van der Waals surface area contributed by atoms with Crippen molar-refractivity contribution in [2.75, 3.05) is 0 Å². The lowest BCUT2D eigenvalue weighted by molar-refractivity contribution is 0.622. The van der Waals surface area contributed by atoms with Crippen LogP contribution in [0.2, 0.25) is 5.02 Å². The number of halogens is 3. The zero-order valence-corrected chi connectivity index (χ0v) is 12.4. The molecular weight excluding hydrogens is 339 g/mol. The van der Waals surface area contributed by atoms with Crippen LogP contribution in [0.1, 0.15) is 5.56 Å². The fourth-order valence-electron chi connectivity index (χ4n) is 1.47. The van der Waals surface area contributed by atoms with E-state index in [1.165, 1.54) is 12.1 Å². The third kappa shape index (κ3) is 3.40. The van der Waals surface area contributed by atoms with Gasteiger partial charge in [0.1, 0.15) is 5.82 Å². The van der Waals surface area contributed by atoms with E-state index < -0.39 is 10.8 Å². The molecule has 1 atom stereocenters. The smallest absolute Gasteiger partial charge is 0.124 e. The Bertz CT molecular complexity index is 603. The molecule has 0 saturated heterocycles. The van der Waals surface area contributed by atoms with Crippen molar-refractivity contribution in [3.63, 3.8) is 0 Å². The monoisotopic (exact) mass is 346 g/mol. The Labute approximate surface area is 121 Å². The molecule has 94 valence electrons. The van der Waals surface area contributed by atoms with Crippen LogP contribution >= 0.6 is 27.5 Å². The second-order valence-corrected chi connectivity index (χ2v) is 6.46. The molecule has 0 heterocycles. The van der Waals surface area contributed by atoms with Gasteiger partial charge < -0.3 is 0 Å². The molecule has 0 spiro atoms. The summed E-state index contributed by atoms with van der Waals surface area (Å²) in [6, 6.07) is 11.2. The van der Waals surface area contributed by atoms with Gasteiger partial charge in [0.15, 0.2) is 0 Å². The molecule has 0 saturated carbocycles. The molecule has 2 aromatic carbocycles. The predicted octanol–water partition coefficient (Wildman–Crippen LogP) is 4.55. The van der Waals surface area contributed by atoms with Crippen molar-refractivity contribution < 1.29 is 8.60 Å². The summed E-state index contributed by atoms with van der Waals surface area (Å²) in [5.41, 5.74) is 0.780. The molecule has 2 aromatic rings. The van der Waals surface area contributed by atoms with Gasteiger partial charge >= 0.3 is 0 Å². The molecule has 0 bridgehead atoms. The summed E-state index contributed by atoms with van der Waals surface area (Å²) in [5, 5.41) is 0.550. The standard InChI is InChI=1S/C13H9BrClFOS/c14-10-5-4-9(13(15)6-10)8-18(17)12-3-1-2-11(16)7-12/h1-7H,8H2. The number of hydrogen-bond donors (Lipinski definition) is 0. The van der Waals surface area contributed by atoms with Gasteiger partial charge in [-0.3, -0.25) is 4.21 Å². The van der Waals surface area contributed by atoms with E-state index in [1.807, 2.05) is 12.1 Å². The second kappa shape index (κ2) is 5.95. The third-order valence-electron chi connectivity index (χ3n) is 2.36. The van der Waals surface area contributed by atoms with E-state index in [-0.39, 0.29) is 11.6 Å². The van der Waals surface area contributed by atoms with E-state index in [4.69, 9.17) is 11.6 Å². The lowest BCUT2D eigenvalue weighted by atomic mass is 10.2. The van der Waals surface area contributed by atoms with E-state index >= 15 is 0 Å². The van der Waals surface area contributed by atoms with Gasteiger partial charge in [0.25, 0.3) is 0 Å². The highest BCUT2D eigenvalue weighted by Crippen LogP contribution is 2.24. The van der Waals surface area contributed by atoms with Crippen LogP contribution in [0.5, 0.6) is 0 Å². The van der Waals surface area contributed by atoms with Crippen LogP contribution in [0.3, 0.4) is 0 Å². The van der Waals surface area contributed by atoms with Gasteiger partial charge in [-0.2, -0.15) is 0 Å². The SMILES string of the molecule is O=S(Cc1ccc(Br)cc1Cl)c1cccc(F)c1. The van der Waals surface area contributed by atoms with Crippen molar-refractivity contribution in [1.82, 2.24) is 0 Å². The largest absolute Gasteiger partial charge is 0.254 e. The first-order valence-corrected chi connectivity index (χ1v) is 7.63. The van der Waals surface area contributed by atoms with Crippen molar-refractivity contribution in [3.8, 4) is 0 Å². The van der Waals surface area contributed by atoms with Crippen LogP contribution in [0.4, 0.5) is 4.39 Å². The maximum absolute atomic E-state index is 13.0. The Morgan fingerprint density at radius 2 is 2.00 bits per heavy atom. The Hall–Kier alpha value is -0.710. The summed E-state index contributed by atoms with van der Waals surface area (Å²) in [5.74, 6) is -0.113. The fraction of sp³-hybridized carbons (Fsp3) is 0.0769. The molecule has 2 rings (SSSR count). The van der Waals surface area contributed by atoms with Gasteiger partial charge in [0.05, 0.1) is 16.6 Å². The summed E-state index contributed by atoms with van der Waals surface area (Å²) >= 11 is 9.36. The van der Waals surface area contributed by atoms with Crippen LogP contribution in [0, 0.1) is 5.82 Å². The summed E-state index contributed by atoms with van der Waals surface area (Å²) < 4.78 is 26.0. The van der Waals surface area contributed by atoms with Gasteiger partial charge in [-0.05, 0) is 35.9 Å². The molecule has 0 N–H and O–H groups in total. The van der Waals surface area contributed by atoms with Crippen molar-refractivity contribution in [2.24, 2.45) is 0 Å². The predicted molar refractivity (Wildman–Crippen MR) is 75.7 cm³/mol. The van der Waals surface area contributed by atoms with Gasteiger partial charge in [0.2, 0.25) is 0 Å². The molecule has 0 amide bonds. The second-order valence-electron chi connectivity index (χ2n) is 3.68. The zero-order valence-electron chi connectivity index (χ0n) is 9.20. The maximum atomic E-state index is 13.0. The van der Waals surface area contributed by atoms with Crippen molar-refractivity contribution in [2.45, 2.75) is 10.6 Å². The van der Waals surface area contributed by atoms with Crippen molar-refractivity contribution in [3.05, 3.63) is 63.3 Å². The maximum Gasteiger partial charge on any atom is 0.124 e. The molecule has 0 radical (unpaired) electrons. The lowest BCUT2D eigenvalue weighted by Crippen LogP contribution is -1.97. The highest BCUT2D eigenvalue weighted by atomic mass is 79.9. The van der Waals surface area contributed by atoms with E-state index in [1.54, 1.807) is 18.2 Å². The zero-order chi connectivity index (χ0) is 13.1. The summed E-state index contributed by atoms with van der Waals surface area (Å²) in [7, 11) is -1.30. The number of hydrogen-bond acceptors (Lipinski definition) is 1. The normalized spacial score (nSPS) is 12.4. The first kappa shape index (κ1) is 13.7. The minimum Gasteiger partial charge on any atom is -0.254 e. The fourth-order valence-corrected chi connectivity index (χ4v) is 3.47. The molecule has 0 aliphatic carbocycles. The van der Waals surface area contributed by atoms with Crippen LogP contribution in [0.25, 0.3) is 0 Å². The van der Waals surface area contributed by atoms with Crippen LogP contribution in [-0.4, -0.2) is 4.21 Å². The first-order valence-electron chi connectivity index (χ1n) is 5.14. The Kier molecular flexibility index (Phi) is 4.54.